The summed E-state index contributed by atoms with van der Waals surface area (Å²) >= 11 is 4.69. The Kier molecular flexibility index (Phi) is 10.9. The van der Waals surface area contributed by atoms with Crippen molar-refractivity contribution in [1.29, 1.82) is 0 Å². The van der Waals surface area contributed by atoms with Gasteiger partial charge < -0.3 is 31.4 Å². The third-order valence-electron chi connectivity index (χ3n) is 3.32. The minimum atomic E-state index is -0.998. The molecule has 1 aromatic heterocycles. The lowest BCUT2D eigenvalue weighted by atomic mass is 10.3. The van der Waals surface area contributed by atoms with Crippen LogP contribution >= 0.6 is 12.2 Å². The highest BCUT2D eigenvalue weighted by Crippen LogP contribution is 1.97. The lowest BCUT2D eigenvalue weighted by Gasteiger charge is -2.10. The summed E-state index contributed by atoms with van der Waals surface area (Å²) < 4.78 is 0.259. The molecule has 2 amide bonds. The van der Waals surface area contributed by atoms with Crippen LogP contribution in [0.4, 0.5) is 0 Å². The van der Waals surface area contributed by atoms with Crippen molar-refractivity contribution in [3.05, 3.63) is 28.5 Å². The third-order valence-corrected chi connectivity index (χ3v) is 3.66. The summed E-state index contributed by atoms with van der Waals surface area (Å²) in [6, 6.07) is 3.06. The lowest BCUT2D eigenvalue weighted by molar-refractivity contribution is -0.129. The summed E-state index contributed by atoms with van der Waals surface area (Å²) in [4.78, 5) is 35.4. The zero-order valence-corrected chi connectivity index (χ0v) is 15.3. The third kappa shape index (κ3) is 9.87. The molecule has 10 heteroatoms. The molecule has 1 fully saturated rings. The molecule has 0 aromatic carbocycles. The molecule has 2 heterocycles. The number of carboxylic acids is 1. The fourth-order valence-electron chi connectivity index (χ4n) is 2.03. The molecule has 0 atom stereocenters. The average Bonchev–Trinajstić information content (AvgIpc) is 2.60. The monoisotopic (exact) mass is 383 g/mol. The topological polar surface area (TPSA) is 135 Å². The van der Waals surface area contributed by atoms with Crippen LogP contribution in [0.1, 0.15) is 23.2 Å². The molecule has 1 aliphatic heterocycles. The van der Waals surface area contributed by atoms with E-state index in [0.29, 0.717) is 13.1 Å². The summed E-state index contributed by atoms with van der Waals surface area (Å²) in [5.74, 6) is -1.43. The summed E-state index contributed by atoms with van der Waals surface area (Å²) in [6.45, 7) is 4.50. The van der Waals surface area contributed by atoms with Gasteiger partial charge in [0.05, 0.1) is 5.56 Å². The van der Waals surface area contributed by atoms with Crippen LogP contribution in [0.15, 0.2) is 18.3 Å². The van der Waals surface area contributed by atoms with Crippen LogP contribution in [-0.4, -0.2) is 67.1 Å². The molecule has 9 nitrogen and oxygen atoms in total. The second kappa shape index (κ2) is 13.0. The quantitative estimate of drug-likeness (QED) is 0.288. The van der Waals surface area contributed by atoms with Crippen molar-refractivity contribution in [2.45, 2.75) is 12.8 Å². The Bertz CT molecular complexity index is 628. The smallest absolute Gasteiger partial charge is 0.338 e. The zero-order valence-electron chi connectivity index (χ0n) is 14.5. The highest BCUT2D eigenvalue weighted by atomic mass is 32.1. The van der Waals surface area contributed by atoms with Gasteiger partial charge in [0.1, 0.15) is 11.1 Å². The molecule has 1 aliphatic rings. The molecule has 0 unspecified atom stereocenters. The number of nitrogens with one attached hydrogen (secondary N) is 5. The van der Waals surface area contributed by atoms with E-state index in [1.54, 1.807) is 12.3 Å². The predicted molar refractivity (Wildman–Crippen MR) is 99.6 cm³/mol. The number of hydrogen-bond acceptors (Lipinski definition) is 6. The number of aromatic amines is 1. The molecule has 1 saturated heterocycles. The first-order valence-electron chi connectivity index (χ1n) is 8.36. The second-order valence-electron chi connectivity index (χ2n) is 5.45. The molecular weight excluding hydrogens is 358 g/mol. The van der Waals surface area contributed by atoms with E-state index in [9.17, 15) is 14.4 Å². The van der Waals surface area contributed by atoms with E-state index in [4.69, 9.17) is 17.3 Å². The first-order valence-corrected chi connectivity index (χ1v) is 8.77. The number of aromatic nitrogens is 1. The van der Waals surface area contributed by atoms with E-state index in [1.165, 1.54) is 6.07 Å². The zero-order chi connectivity index (χ0) is 19.2. The molecular formula is C16H25N5O4S. The average molecular weight is 383 g/mol. The highest BCUT2D eigenvalue weighted by molar-refractivity contribution is 7.71. The molecule has 0 bridgehead atoms. The van der Waals surface area contributed by atoms with E-state index in [1.807, 2.05) is 0 Å². The lowest BCUT2D eigenvalue weighted by Crippen LogP contribution is -2.39. The van der Waals surface area contributed by atoms with Crippen LogP contribution in [0.3, 0.4) is 0 Å². The molecule has 144 valence electrons. The number of aromatic carboxylic acids is 1. The van der Waals surface area contributed by atoms with Crippen LogP contribution in [0.25, 0.3) is 0 Å². The van der Waals surface area contributed by atoms with Gasteiger partial charge in [0.15, 0.2) is 0 Å². The summed E-state index contributed by atoms with van der Waals surface area (Å²) in [5, 5.41) is 20.3. The van der Waals surface area contributed by atoms with Gasteiger partial charge in [-0.05, 0) is 31.6 Å². The molecule has 26 heavy (non-hydrogen) atoms. The molecule has 0 spiro atoms. The Hall–Kier alpha value is -2.30. The van der Waals surface area contributed by atoms with Gasteiger partial charge in [0.2, 0.25) is 11.8 Å². The minimum Gasteiger partial charge on any atom is -0.478 e. The number of amides is 2. The first-order chi connectivity index (χ1) is 12.5. The van der Waals surface area contributed by atoms with Gasteiger partial charge in [-0.3, -0.25) is 9.59 Å². The van der Waals surface area contributed by atoms with Gasteiger partial charge in [0, 0.05) is 32.4 Å². The number of hydrogen-bond donors (Lipinski definition) is 6. The van der Waals surface area contributed by atoms with Crippen molar-refractivity contribution >= 4 is 30.0 Å². The Morgan fingerprint density at radius 2 is 1.54 bits per heavy atom. The van der Waals surface area contributed by atoms with Gasteiger partial charge in [-0.25, -0.2) is 4.79 Å². The van der Waals surface area contributed by atoms with Crippen LogP contribution in [-0.2, 0) is 9.59 Å². The number of carboxylic acid groups (broad SMARTS) is 1. The summed E-state index contributed by atoms with van der Waals surface area (Å²) in [6.07, 6.45) is 2.55. The van der Waals surface area contributed by atoms with Crippen molar-refractivity contribution in [2.24, 2.45) is 0 Å². The number of carbonyl (C=O) groups excluding carboxylic acids is 2. The van der Waals surface area contributed by atoms with E-state index in [2.05, 4.69) is 26.3 Å². The standard InChI is InChI=1S/C10H20N4O2.C6H5NO2S/c15-9-8-10(16)14-7-5-12-3-1-2-11-4-6-13-9;8-6(9)4-2-1-3-7-5(4)10/h11-12H,1-8H2,(H,13,15)(H,14,16);1-3H,(H,7,10)(H,8,9). The Morgan fingerprint density at radius 1 is 0.962 bits per heavy atom. The maximum atomic E-state index is 11.2. The summed E-state index contributed by atoms with van der Waals surface area (Å²) in [7, 11) is 0. The van der Waals surface area contributed by atoms with Crippen LogP contribution in [0, 0.1) is 4.64 Å². The molecule has 0 radical (unpaired) electrons. The van der Waals surface area contributed by atoms with Gasteiger partial charge in [-0.1, -0.05) is 12.2 Å². The van der Waals surface area contributed by atoms with E-state index in [0.717, 1.165) is 32.6 Å². The van der Waals surface area contributed by atoms with E-state index < -0.39 is 5.97 Å². The molecule has 6 N–H and O–H groups in total. The highest BCUT2D eigenvalue weighted by Gasteiger charge is 2.08. The molecule has 0 saturated carbocycles. The van der Waals surface area contributed by atoms with Crippen molar-refractivity contribution in [1.82, 2.24) is 26.3 Å². The Labute approximate surface area is 157 Å². The Morgan fingerprint density at radius 3 is 2.00 bits per heavy atom. The normalized spacial score (nSPS) is 16.9. The van der Waals surface area contributed by atoms with Crippen LogP contribution in [0.2, 0.25) is 0 Å². The van der Waals surface area contributed by atoms with Crippen molar-refractivity contribution in [3.8, 4) is 0 Å². The Balaban J connectivity index is 0.000000289. The second-order valence-corrected chi connectivity index (χ2v) is 5.86. The maximum absolute atomic E-state index is 11.2. The van der Waals surface area contributed by atoms with Gasteiger partial charge in [0.25, 0.3) is 0 Å². The summed E-state index contributed by atoms with van der Waals surface area (Å²) in [5.41, 5.74) is 0.137. The maximum Gasteiger partial charge on any atom is 0.338 e. The molecule has 2 rings (SSSR count). The molecule has 1 aromatic rings. The van der Waals surface area contributed by atoms with Gasteiger partial charge >= 0.3 is 5.97 Å². The van der Waals surface area contributed by atoms with Crippen LogP contribution in [0.5, 0.6) is 0 Å². The predicted octanol–water partition coefficient (Wildman–Crippen LogP) is -0.366. The number of pyridine rings is 1. The first kappa shape index (κ1) is 21.7. The van der Waals surface area contributed by atoms with Crippen LogP contribution < -0.4 is 21.3 Å². The largest absolute Gasteiger partial charge is 0.478 e. The minimum absolute atomic E-state index is 0.0833. The van der Waals surface area contributed by atoms with Crippen molar-refractivity contribution in [2.75, 3.05) is 39.3 Å². The number of carbonyl (C=O) groups is 3. The van der Waals surface area contributed by atoms with Crippen molar-refractivity contribution in [3.63, 3.8) is 0 Å². The molecule has 0 aliphatic carbocycles. The van der Waals surface area contributed by atoms with E-state index >= 15 is 0 Å². The number of H-pyrrole nitrogens is 1. The number of rotatable bonds is 1. The SMILES string of the molecule is O=C(O)c1ccc[nH]c1=S.O=C1CC(=O)NCCNCCCNCCN1. The fraction of sp³-hybridized carbons (Fsp3) is 0.500. The van der Waals surface area contributed by atoms with Gasteiger partial charge in [-0.15, -0.1) is 0 Å². The van der Waals surface area contributed by atoms with Gasteiger partial charge in [-0.2, -0.15) is 0 Å². The van der Waals surface area contributed by atoms with E-state index in [-0.39, 0.29) is 28.4 Å². The van der Waals surface area contributed by atoms with Crippen molar-refractivity contribution < 1.29 is 19.5 Å². The fourth-order valence-corrected chi connectivity index (χ4v) is 2.25.